The van der Waals surface area contributed by atoms with Crippen LogP contribution in [-0.2, 0) is 16.4 Å². The zero-order valence-corrected chi connectivity index (χ0v) is 12.7. The lowest BCUT2D eigenvalue weighted by Crippen LogP contribution is -2.25. The van der Waals surface area contributed by atoms with Crippen LogP contribution in [0.3, 0.4) is 0 Å². The van der Waals surface area contributed by atoms with E-state index in [0.29, 0.717) is 13.1 Å². The smallest absolute Gasteiger partial charge is 0.148 e. The highest BCUT2D eigenvalue weighted by molar-refractivity contribution is 7.90. The number of hydrogen-bond acceptors (Lipinski definition) is 5. The van der Waals surface area contributed by atoms with Gasteiger partial charge in [-0.3, -0.25) is 0 Å². The van der Waals surface area contributed by atoms with Crippen LogP contribution < -0.4 is 5.32 Å². The Hall–Kier alpha value is -1.14. The van der Waals surface area contributed by atoms with Gasteiger partial charge in [-0.25, -0.2) is 13.4 Å². The van der Waals surface area contributed by atoms with Crippen molar-refractivity contribution in [3.63, 3.8) is 0 Å². The predicted octanol–water partition coefficient (Wildman–Crippen LogP) is 1.38. The Morgan fingerprint density at radius 3 is 2.79 bits per heavy atom. The quantitative estimate of drug-likeness (QED) is 0.782. The predicted molar refractivity (Wildman–Crippen MR) is 79.1 cm³/mol. The molecule has 0 aliphatic rings. The van der Waals surface area contributed by atoms with Gasteiger partial charge in [-0.15, -0.1) is 0 Å². The van der Waals surface area contributed by atoms with Crippen LogP contribution in [0.2, 0.25) is 0 Å². The molecule has 0 bridgehead atoms. The van der Waals surface area contributed by atoms with Gasteiger partial charge in [0.25, 0.3) is 0 Å². The number of pyridine rings is 1. The minimum Gasteiger partial charge on any atom is -0.370 e. The zero-order chi connectivity index (χ0) is 14.3. The Morgan fingerprint density at radius 1 is 1.42 bits per heavy atom. The molecule has 19 heavy (non-hydrogen) atoms. The van der Waals surface area contributed by atoms with E-state index in [0.717, 1.165) is 24.3 Å². The van der Waals surface area contributed by atoms with Gasteiger partial charge in [0.05, 0.1) is 5.75 Å². The van der Waals surface area contributed by atoms with Crippen LogP contribution in [0.25, 0.3) is 0 Å². The summed E-state index contributed by atoms with van der Waals surface area (Å²) < 4.78 is 22.3. The third kappa shape index (κ3) is 6.54. The van der Waals surface area contributed by atoms with E-state index in [4.69, 9.17) is 0 Å². The van der Waals surface area contributed by atoms with E-state index in [1.165, 1.54) is 6.26 Å². The monoisotopic (exact) mass is 285 g/mol. The summed E-state index contributed by atoms with van der Waals surface area (Å²) in [5, 5.41) is 3.28. The van der Waals surface area contributed by atoms with Crippen molar-refractivity contribution in [2.24, 2.45) is 0 Å². The molecule has 1 heterocycles. The van der Waals surface area contributed by atoms with Gasteiger partial charge >= 0.3 is 0 Å². The maximum atomic E-state index is 11.1. The number of aromatic nitrogens is 1. The van der Waals surface area contributed by atoms with Crippen molar-refractivity contribution < 1.29 is 8.42 Å². The van der Waals surface area contributed by atoms with Crippen molar-refractivity contribution in [1.29, 1.82) is 0 Å². The molecule has 1 aromatic rings. The number of nitrogens with one attached hydrogen (secondary N) is 1. The fraction of sp³-hybridized carbons (Fsp3) is 0.615. The number of rotatable bonds is 8. The highest BCUT2D eigenvalue weighted by Gasteiger charge is 2.09. The largest absolute Gasteiger partial charge is 0.370 e. The van der Waals surface area contributed by atoms with Crippen LogP contribution in [0.4, 0.5) is 5.82 Å². The van der Waals surface area contributed by atoms with Gasteiger partial charge in [0.15, 0.2) is 0 Å². The molecule has 108 valence electrons. The molecule has 0 atom stereocenters. The van der Waals surface area contributed by atoms with Crippen LogP contribution in [0.1, 0.15) is 18.9 Å². The Morgan fingerprint density at radius 2 is 2.16 bits per heavy atom. The maximum Gasteiger partial charge on any atom is 0.148 e. The third-order valence-corrected chi connectivity index (χ3v) is 3.64. The lowest BCUT2D eigenvalue weighted by Gasteiger charge is -2.18. The molecule has 1 rings (SSSR count). The van der Waals surface area contributed by atoms with Gasteiger partial charge in [-0.05, 0) is 19.5 Å². The molecular formula is C13H23N3O2S. The van der Waals surface area contributed by atoms with Crippen molar-refractivity contribution in [2.45, 2.75) is 19.9 Å². The van der Waals surface area contributed by atoms with Gasteiger partial charge in [-0.2, -0.15) is 0 Å². The van der Waals surface area contributed by atoms with E-state index < -0.39 is 9.84 Å². The van der Waals surface area contributed by atoms with Crippen molar-refractivity contribution in [1.82, 2.24) is 9.88 Å². The van der Waals surface area contributed by atoms with Crippen molar-refractivity contribution in [3.8, 4) is 0 Å². The molecule has 6 heteroatoms. The number of nitrogens with zero attached hydrogens (tertiary/aromatic N) is 2. The van der Waals surface area contributed by atoms with Crippen LogP contribution in [0.15, 0.2) is 18.3 Å². The van der Waals surface area contributed by atoms with Gasteiger partial charge < -0.3 is 10.2 Å². The summed E-state index contributed by atoms with van der Waals surface area (Å²) in [5.41, 5.74) is 1.09. The average Bonchev–Trinajstić information content (AvgIpc) is 2.34. The molecule has 1 N–H and O–H groups in total. The molecule has 0 fully saturated rings. The summed E-state index contributed by atoms with van der Waals surface area (Å²) in [4.78, 5) is 6.32. The Kier molecular flexibility index (Phi) is 6.24. The van der Waals surface area contributed by atoms with E-state index in [9.17, 15) is 8.42 Å². The zero-order valence-electron chi connectivity index (χ0n) is 11.9. The first-order valence-corrected chi connectivity index (χ1v) is 8.52. The van der Waals surface area contributed by atoms with E-state index >= 15 is 0 Å². The van der Waals surface area contributed by atoms with E-state index in [1.54, 1.807) is 6.20 Å². The van der Waals surface area contributed by atoms with Gasteiger partial charge in [0, 0.05) is 37.7 Å². The van der Waals surface area contributed by atoms with Crippen LogP contribution in [0, 0.1) is 0 Å². The highest BCUT2D eigenvalue weighted by Crippen LogP contribution is 2.13. The Balaban J connectivity index is 2.60. The fourth-order valence-corrected chi connectivity index (χ4v) is 2.30. The Bertz CT molecular complexity index is 488. The second-order valence-corrected chi connectivity index (χ2v) is 7.07. The minimum absolute atomic E-state index is 0.182. The second kappa shape index (κ2) is 7.45. The molecule has 0 spiro atoms. The van der Waals surface area contributed by atoms with E-state index in [-0.39, 0.29) is 5.75 Å². The maximum absolute atomic E-state index is 11.1. The standard InChI is InChI=1S/C13H23N3O2S/c1-4-7-14-13-12(6-5-8-15-13)11-16(2)9-10-19(3,17)18/h5-6,8H,4,7,9-11H2,1-3H3,(H,14,15). The molecule has 1 aromatic heterocycles. The first-order chi connectivity index (χ1) is 8.92. The Labute approximate surface area is 116 Å². The van der Waals surface area contributed by atoms with Gasteiger partial charge in [-0.1, -0.05) is 13.0 Å². The average molecular weight is 285 g/mol. The SMILES string of the molecule is CCCNc1ncccc1CN(C)CCS(C)(=O)=O. The summed E-state index contributed by atoms with van der Waals surface area (Å²) in [5.74, 6) is 1.07. The van der Waals surface area contributed by atoms with Crippen LogP contribution in [-0.4, -0.2) is 50.4 Å². The molecular weight excluding hydrogens is 262 g/mol. The first kappa shape index (κ1) is 15.9. The number of hydrogen-bond donors (Lipinski definition) is 1. The van der Waals surface area contributed by atoms with Gasteiger partial charge in [0.2, 0.25) is 0 Å². The highest BCUT2D eigenvalue weighted by atomic mass is 32.2. The normalized spacial score (nSPS) is 11.8. The summed E-state index contributed by atoms with van der Waals surface area (Å²) in [6.07, 6.45) is 4.07. The molecule has 0 saturated heterocycles. The molecule has 0 amide bonds. The second-order valence-electron chi connectivity index (χ2n) is 4.81. The summed E-state index contributed by atoms with van der Waals surface area (Å²) in [6.45, 7) is 4.21. The van der Waals surface area contributed by atoms with Crippen molar-refractivity contribution in [3.05, 3.63) is 23.9 Å². The third-order valence-electron chi connectivity index (χ3n) is 2.72. The van der Waals surface area contributed by atoms with Crippen LogP contribution >= 0.6 is 0 Å². The van der Waals surface area contributed by atoms with Crippen molar-refractivity contribution in [2.75, 3.05) is 37.5 Å². The lowest BCUT2D eigenvalue weighted by atomic mass is 10.2. The molecule has 5 nitrogen and oxygen atoms in total. The molecule has 0 aromatic carbocycles. The number of anilines is 1. The van der Waals surface area contributed by atoms with Gasteiger partial charge in [0.1, 0.15) is 15.7 Å². The molecule has 0 aliphatic carbocycles. The topological polar surface area (TPSA) is 62.3 Å². The molecule has 0 radical (unpaired) electrons. The fourth-order valence-electron chi connectivity index (χ4n) is 1.66. The lowest BCUT2D eigenvalue weighted by molar-refractivity contribution is 0.346. The molecule has 0 saturated carbocycles. The summed E-state index contributed by atoms with van der Waals surface area (Å²) >= 11 is 0. The van der Waals surface area contributed by atoms with E-state index in [2.05, 4.69) is 17.2 Å². The molecule has 0 aliphatic heterocycles. The summed E-state index contributed by atoms with van der Waals surface area (Å²) in [7, 11) is -0.990. The first-order valence-electron chi connectivity index (χ1n) is 6.46. The molecule has 0 unspecified atom stereocenters. The number of sulfone groups is 1. The van der Waals surface area contributed by atoms with Crippen LogP contribution in [0.5, 0.6) is 0 Å². The minimum atomic E-state index is -2.91. The van der Waals surface area contributed by atoms with Crippen molar-refractivity contribution >= 4 is 15.7 Å². The summed E-state index contributed by atoms with van der Waals surface area (Å²) in [6, 6.07) is 3.92. The van der Waals surface area contributed by atoms with E-state index in [1.807, 2.05) is 24.1 Å².